The number of hydrogen-bond donors (Lipinski definition) is 0. The van der Waals surface area contributed by atoms with Crippen molar-refractivity contribution < 1.29 is 18.7 Å². The summed E-state index contributed by atoms with van der Waals surface area (Å²) in [5, 5.41) is 8.00. The fraction of sp³-hybridized carbons (Fsp3) is 0.176. The van der Waals surface area contributed by atoms with E-state index >= 15 is 0 Å². The first-order chi connectivity index (χ1) is 12.0. The second-order valence-corrected chi connectivity index (χ2v) is 5.22. The van der Waals surface area contributed by atoms with Gasteiger partial charge in [-0.05, 0) is 43.3 Å². The highest BCUT2D eigenvalue weighted by Gasteiger charge is 2.17. The van der Waals surface area contributed by atoms with Crippen LogP contribution in [0.3, 0.4) is 0 Å². The summed E-state index contributed by atoms with van der Waals surface area (Å²) in [4.78, 5) is 24.2. The van der Waals surface area contributed by atoms with Crippen molar-refractivity contribution in [2.75, 3.05) is 0 Å². The van der Waals surface area contributed by atoms with Crippen LogP contribution in [0.25, 0.3) is 10.9 Å². The highest BCUT2D eigenvalue weighted by molar-refractivity contribution is 5.76. The van der Waals surface area contributed by atoms with Crippen LogP contribution in [0.15, 0.2) is 53.3 Å². The Morgan fingerprint density at radius 1 is 1.20 bits per heavy atom. The van der Waals surface area contributed by atoms with Crippen molar-refractivity contribution in [2.45, 2.75) is 19.8 Å². The highest BCUT2D eigenvalue weighted by Crippen LogP contribution is 2.13. The Morgan fingerprint density at radius 3 is 2.68 bits per heavy atom. The molecular formula is C17H14FN3O4. The van der Waals surface area contributed by atoms with Crippen molar-refractivity contribution in [3.8, 4) is 5.75 Å². The Kier molecular flexibility index (Phi) is 4.69. The lowest BCUT2D eigenvalue weighted by Gasteiger charge is -2.14. The molecule has 0 amide bonds. The third kappa shape index (κ3) is 3.79. The van der Waals surface area contributed by atoms with Crippen LogP contribution in [-0.2, 0) is 16.3 Å². The van der Waals surface area contributed by atoms with Crippen molar-refractivity contribution in [3.05, 3.63) is 64.7 Å². The molecule has 0 saturated heterocycles. The Bertz CT molecular complexity index is 956. The molecule has 1 atom stereocenters. The Balaban J connectivity index is 1.64. The quantitative estimate of drug-likeness (QED) is 0.658. The fourth-order valence-corrected chi connectivity index (χ4v) is 2.12. The summed E-state index contributed by atoms with van der Waals surface area (Å²) in [5.41, 5.74) is 0.0496. The number of carbonyl (C=O) groups excluding carboxylic acids is 1. The molecule has 0 radical (unpaired) electrons. The van der Waals surface area contributed by atoms with E-state index in [9.17, 15) is 14.0 Å². The van der Waals surface area contributed by atoms with E-state index in [0.29, 0.717) is 16.7 Å². The van der Waals surface area contributed by atoms with E-state index in [1.807, 2.05) is 0 Å². The van der Waals surface area contributed by atoms with E-state index in [1.165, 1.54) is 31.2 Å². The van der Waals surface area contributed by atoms with Gasteiger partial charge in [-0.25, -0.2) is 9.18 Å². The monoisotopic (exact) mass is 343 g/mol. The van der Waals surface area contributed by atoms with Gasteiger partial charge in [-0.2, -0.15) is 4.68 Å². The molecule has 1 heterocycles. The van der Waals surface area contributed by atoms with Crippen LogP contribution in [0, 0.1) is 5.82 Å². The van der Waals surface area contributed by atoms with Gasteiger partial charge in [-0.1, -0.05) is 17.3 Å². The summed E-state index contributed by atoms with van der Waals surface area (Å²) in [5.74, 6) is -0.767. The van der Waals surface area contributed by atoms with E-state index < -0.39 is 23.4 Å². The fourth-order valence-electron chi connectivity index (χ4n) is 2.12. The van der Waals surface area contributed by atoms with Crippen LogP contribution in [-0.4, -0.2) is 27.1 Å². The molecule has 3 rings (SSSR count). The minimum Gasteiger partial charge on any atom is -0.479 e. The largest absolute Gasteiger partial charge is 0.479 e. The molecule has 25 heavy (non-hydrogen) atoms. The molecule has 0 aliphatic carbocycles. The number of benzene rings is 2. The van der Waals surface area contributed by atoms with Crippen molar-refractivity contribution in [1.82, 2.24) is 15.0 Å². The summed E-state index contributed by atoms with van der Waals surface area (Å²) in [6.07, 6.45) is -0.936. The molecule has 8 heteroatoms. The molecule has 2 aromatic carbocycles. The lowest BCUT2D eigenvalue weighted by Crippen LogP contribution is -2.31. The molecule has 1 aromatic heterocycles. The highest BCUT2D eigenvalue weighted by atomic mass is 19.1. The lowest BCUT2D eigenvalue weighted by atomic mass is 10.2. The predicted octanol–water partition coefficient (Wildman–Crippen LogP) is 1.90. The van der Waals surface area contributed by atoms with Gasteiger partial charge in [-0.3, -0.25) is 4.79 Å². The van der Waals surface area contributed by atoms with Crippen LogP contribution in [0.2, 0.25) is 0 Å². The van der Waals surface area contributed by atoms with Gasteiger partial charge in [-0.15, -0.1) is 5.10 Å². The van der Waals surface area contributed by atoms with Crippen molar-refractivity contribution in [1.29, 1.82) is 0 Å². The van der Waals surface area contributed by atoms with Gasteiger partial charge in [0.1, 0.15) is 17.1 Å². The molecule has 3 aromatic rings. The van der Waals surface area contributed by atoms with Crippen LogP contribution < -0.4 is 10.3 Å². The first-order valence-corrected chi connectivity index (χ1v) is 7.46. The maximum atomic E-state index is 12.8. The molecule has 7 nitrogen and oxygen atoms in total. The second-order valence-electron chi connectivity index (χ2n) is 5.22. The Hall–Kier alpha value is -3.29. The molecule has 0 bridgehead atoms. The first-order valence-electron chi connectivity index (χ1n) is 7.46. The molecule has 0 unspecified atom stereocenters. The van der Waals surface area contributed by atoms with Gasteiger partial charge in [0.2, 0.25) is 0 Å². The zero-order chi connectivity index (χ0) is 17.8. The second kappa shape index (κ2) is 7.08. The summed E-state index contributed by atoms with van der Waals surface area (Å²) < 4.78 is 24.2. The van der Waals surface area contributed by atoms with Gasteiger partial charge >= 0.3 is 5.97 Å². The van der Waals surface area contributed by atoms with E-state index in [0.717, 1.165) is 4.68 Å². The van der Waals surface area contributed by atoms with Gasteiger partial charge in [0.25, 0.3) is 5.56 Å². The minimum atomic E-state index is -0.936. The standard InChI is InChI=1S/C17H14FN3O4/c1-11(25-13-8-6-12(18)7-9-13)17(23)24-10-21-16(22)14-4-2-3-5-15(14)19-20-21/h2-9,11H,10H2,1H3/t11-/m0/s1. The van der Waals surface area contributed by atoms with Gasteiger partial charge in [0, 0.05) is 0 Å². The van der Waals surface area contributed by atoms with E-state index in [-0.39, 0.29) is 6.73 Å². The number of carbonyl (C=O) groups is 1. The Morgan fingerprint density at radius 2 is 1.92 bits per heavy atom. The SMILES string of the molecule is C[C@H](Oc1ccc(F)cc1)C(=O)OCn1nnc2ccccc2c1=O. The van der Waals surface area contributed by atoms with Crippen molar-refractivity contribution in [3.63, 3.8) is 0 Å². The third-order valence-electron chi connectivity index (χ3n) is 3.42. The van der Waals surface area contributed by atoms with Crippen molar-refractivity contribution in [2.24, 2.45) is 0 Å². The Labute approximate surface area is 141 Å². The molecule has 0 saturated carbocycles. The molecule has 0 aliphatic rings. The average molecular weight is 343 g/mol. The zero-order valence-electron chi connectivity index (χ0n) is 13.3. The number of aromatic nitrogens is 3. The number of hydrogen-bond acceptors (Lipinski definition) is 6. The molecule has 0 spiro atoms. The minimum absolute atomic E-state index is 0.327. The molecular weight excluding hydrogens is 329 g/mol. The maximum absolute atomic E-state index is 12.8. The van der Waals surface area contributed by atoms with Crippen LogP contribution >= 0.6 is 0 Å². The number of nitrogens with zero attached hydrogens (tertiary/aromatic N) is 3. The normalized spacial score (nSPS) is 11.9. The summed E-state index contributed by atoms with van der Waals surface area (Å²) >= 11 is 0. The van der Waals surface area contributed by atoms with Gasteiger partial charge in [0.05, 0.1) is 5.39 Å². The van der Waals surface area contributed by atoms with Gasteiger partial charge < -0.3 is 9.47 Å². The molecule has 0 fully saturated rings. The summed E-state index contributed by atoms with van der Waals surface area (Å²) in [7, 11) is 0. The molecule has 0 N–H and O–H groups in total. The predicted molar refractivity (Wildman–Crippen MR) is 86.4 cm³/mol. The van der Waals surface area contributed by atoms with Crippen LogP contribution in [0.4, 0.5) is 4.39 Å². The number of ether oxygens (including phenoxy) is 2. The first kappa shape index (κ1) is 16.6. The van der Waals surface area contributed by atoms with Gasteiger partial charge in [0.15, 0.2) is 12.8 Å². The third-order valence-corrected chi connectivity index (χ3v) is 3.42. The lowest BCUT2D eigenvalue weighted by molar-refractivity contribution is -0.155. The van der Waals surface area contributed by atoms with Crippen LogP contribution in [0.5, 0.6) is 5.75 Å². The molecule has 0 aliphatic heterocycles. The molecule has 128 valence electrons. The number of halogens is 1. The number of rotatable bonds is 5. The summed E-state index contributed by atoms with van der Waals surface area (Å²) in [6, 6.07) is 12.0. The number of fused-ring (bicyclic) bond motifs is 1. The topological polar surface area (TPSA) is 83.3 Å². The average Bonchev–Trinajstić information content (AvgIpc) is 2.63. The smallest absolute Gasteiger partial charge is 0.348 e. The maximum Gasteiger partial charge on any atom is 0.348 e. The van der Waals surface area contributed by atoms with Crippen molar-refractivity contribution >= 4 is 16.9 Å². The van der Waals surface area contributed by atoms with E-state index in [1.54, 1.807) is 24.3 Å². The summed E-state index contributed by atoms with van der Waals surface area (Å²) in [6.45, 7) is 1.10. The van der Waals surface area contributed by atoms with E-state index in [2.05, 4.69) is 10.3 Å². The van der Waals surface area contributed by atoms with E-state index in [4.69, 9.17) is 9.47 Å². The van der Waals surface area contributed by atoms with Crippen LogP contribution in [0.1, 0.15) is 6.92 Å². The zero-order valence-corrected chi connectivity index (χ0v) is 13.3. The number of esters is 1.